The molecule has 0 unspecified atom stereocenters. The first-order valence-electron chi connectivity index (χ1n) is 5.02. The molecular weight excluding hydrogens is 310 g/mol. The van der Waals surface area contributed by atoms with Crippen molar-refractivity contribution in [3.05, 3.63) is 28.7 Å². The summed E-state index contributed by atoms with van der Waals surface area (Å²) < 4.78 is 0. The molecule has 0 radical (unpaired) electrons. The number of hydrogen-bond donors (Lipinski definition) is 0. The number of diazo groups is 1. The van der Waals surface area contributed by atoms with Crippen LogP contribution in [0.5, 0.6) is 0 Å². The van der Waals surface area contributed by atoms with E-state index in [9.17, 15) is 0 Å². The van der Waals surface area contributed by atoms with Crippen molar-refractivity contribution in [3.8, 4) is 0 Å². The SMILES string of the molecule is Cc1cc([N+]#N)ccc1N1CCCC1.[Cl-].[Cl-].[Zn+2]. The van der Waals surface area contributed by atoms with Crippen LogP contribution in [0.2, 0.25) is 0 Å². The Kier molecular flexibility index (Phi) is 9.71. The standard InChI is InChI=1S/C11H14N3.2ClH.Zn/c1-9-8-10(13-12)4-5-11(9)14-6-2-3-7-14;;;/h4-5,8H,2-3,6-7H2,1H3;2*1H;/q+1;;;+2/p-2. The average Bonchev–Trinajstić information content (AvgIpc) is 2.70. The third-order valence-corrected chi connectivity index (χ3v) is 2.74. The van der Waals surface area contributed by atoms with Crippen LogP contribution in [0.25, 0.3) is 4.98 Å². The number of anilines is 1. The van der Waals surface area contributed by atoms with Crippen LogP contribution in [0.3, 0.4) is 0 Å². The Morgan fingerprint density at radius 1 is 1.18 bits per heavy atom. The van der Waals surface area contributed by atoms with Crippen molar-refractivity contribution in [3.63, 3.8) is 0 Å². The van der Waals surface area contributed by atoms with E-state index >= 15 is 0 Å². The third-order valence-electron chi connectivity index (χ3n) is 2.74. The summed E-state index contributed by atoms with van der Waals surface area (Å²) in [6.45, 7) is 4.36. The number of nitrogens with zero attached hydrogens (tertiary/aromatic N) is 3. The maximum absolute atomic E-state index is 8.63. The predicted molar refractivity (Wildman–Crippen MR) is 57.4 cm³/mol. The monoisotopic (exact) mass is 322 g/mol. The van der Waals surface area contributed by atoms with E-state index in [0.717, 1.165) is 13.1 Å². The van der Waals surface area contributed by atoms with Crippen LogP contribution >= 0.6 is 0 Å². The van der Waals surface area contributed by atoms with Crippen LogP contribution in [0.1, 0.15) is 18.4 Å². The molecule has 1 saturated heterocycles. The molecule has 1 aromatic carbocycles. The molecule has 3 nitrogen and oxygen atoms in total. The molecule has 0 spiro atoms. The van der Waals surface area contributed by atoms with Gasteiger partial charge in [0, 0.05) is 30.9 Å². The fourth-order valence-corrected chi connectivity index (χ4v) is 2.01. The van der Waals surface area contributed by atoms with Gasteiger partial charge in [0.25, 0.3) is 0 Å². The van der Waals surface area contributed by atoms with Crippen LogP contribution in [0.15, 0.2) is 18.2 Å². The van der Waals surface area contributed by atoms with Crippen molar-refractivity contribution in [1.82, 2.24) is 0 Å². The zero-order chi connectivity index (χ0) is 9.97. The van der Waals surface area contributed by atoms with Gasteiger partial charge in [0.05, 0.1) is 0 Å². The van der Waals surface area contributed by atoms with Crippen molar-refractivity contribution in [2.75, 3.05) is 18.0 Å². The Balaban J connectivity index is 0. The van der Waals surface area contributed by atoms with Crippen molar-refractivity contribution >= 4 is 11.4 Å². The summed E-state index contributed by atoms with van der Waals surface area (Å²) in [5.41, 5.74) is 3.09. The zero-order valence-corrected chi connectivity index (χ0v) is 14.3. The Hall–Kier alpha value is -0.357. The minimum atomic E-state index is 0. The molecule has 1 heterocycles. The summed E-state index contributed by atoms with van der Waals surface area (Å²) in [5.74, 6) is 0. The molecular formula is C11H14Cl2N3Zn+. The molecule has 1 aliphatic heterocycles. The zero-order valence-electron chi connectivity index (χ0n) is 9.87. The molecule has 0 atom stereocenters. The van der Waals surface area contributed by atoms with Crippen molar-refractivity contribution in [2.45, 2.75) is 19.8 Å². The number of rotatable bonds is 1. The van der Waals surface area contributed by atoms with Crippen LogP contribution in [-0.2, 0) is 19.5 Å². The van der Waals surface area contributed by atoms with Gasteiger partial charge < -0.3 is 29.7 Å². The van der Waals surface area contributed by atoms with Crippen LogP contribution in [-0.4, -0.2) is 13.1 Å². The van der Waals surface area contributed by atoms with Gasteiger partial charge in [-0.25, -0.2) is 0 Å². The number of benzene rings is 1. The van der Waals surface area contributed by atoms with Crippen molar-refractivity contribution in [2.24, 2.45) is 0 Å². The van der Waals surface area contributed by atoms with E-state index in [0.29, 0.717) is 5.69 Å². The second kappa shape index (κ2) is 8.69. The first kappa shape index (κ1) is 19.0. The molecule has 0 aromatic heterocycles. The van der Waals surface area contributed by atoms with E-state index in [4.69, 9.17) is 5.39 Å². The summed E-state index contributed by atoms with van der Waals surface area (Å²) in [5, 5.41) is 8.63. The molecule has 88 valence electrons. The molecule has 0 amide bonds. The number of hydrogen-bond acceptors (Lipinski definition) is 2. The molecule has 1 fully saturated rings. The largest absolute Gasteiger partial charge is 2.00 e. The van der Waals surface area contributed by atoms with E-state index < -0.39 is 0 Å². The summed E-state index contributed by atoms with van der Waals surface area (Å²) in [6.07, 6.45) is 2.57. The maximum atomic E-state index is 8.63. The molecule has 0 N–H and O–H groups in total. The van der Waals surface area contributed by atoms with E-state index in [1.807, 2.05) is 18.2 Å². The predicted octanol–water partition coefficient (Wildman–Crippen LogP) is -2.91. The number of aryl methyl sites for hydroxylation is 1. The van der Waals surface area contributed by atoms with Gasteiger partial charge in [0.2, 0.25) is 5.39 Å². The topological polar surface area (TPSA) is 31.4 Å². The fraction of sp³-hybridized carbons (Fsp3) is 0.455. The summed E-state index contributed by atoms with van der Waals surface area (Å²) in [7, 11) is 0. The van der Waals surface area contributed by atoms with Crippen molar-refractivity contribution < 1.29 is 44.3 Å². The molecule has 17 heavy (non-hydrogen) atoms. The Bertz CT molecular complexity index is 387. The van der Waals surface area contributed by atoms with Gasteiger partial charge in [-0.05, 0) is 31.4 Å². The summed E-state index contributed by atoms with van der Waals surface area (Å²) >= 11 is 0. The molecule has 0 bridgehead atoms. The van der Waals surface area contributed by atoms with Crippen LogP contribution < -0.4 is 29.7 Å². The van der Waals surface area contributed by atoms with Gasteiger partial charge in [0.1, 0.15) is 0 Å². The maximum Gasteiger partial charge on any atom is 2.00 e. The molecule has 1 aromatic rings. The van der Waals surface area contributed by atoms with Crippen molar-refractivity contribution in [1.29, 1.82) is 5.39 Å². The molecule has 0 saturated carbocycles. The van der Waals surface area contributed by atoms with Gasteiger partial charge >= 0.3 is 25.2 Å². The molecule has 0 aliphatic carbocycles. The van der Waals surface area contributed by atoms with E-state index in [1.54, 1.807) is 0 Å². The Morgan fingerprint density at radius 2 is 1.76 bits per heavy atom. The minimum Gasteiger partial charge on any atom is -1.00 e. The fourth-order valence-electron chi connectivity index (χ4n) is 2.01. The van der Waals surface area contributed by atoms with Gasteiger partial charge in [0.15, 0.2) is 4.98 Å². The first-order valence-corrected chi connectivity index (χ1v) is 5.02. The normalized spacial score (nSPS) is 12.8. The Labute approximate surface area is 127 Å². The number of halogens is 2. The third kappa shape index (κ3) is 4.43. The second-order valence-electron chi connectivity index (χ2n) is 3.76. The molecule has 1 aliphatic rings. The Morgan fingerprint density at radius 3 is 2.24 bits per heavy atom. The quantitative estimate of drug-likeness (QED) is 0.410. The second-order valence-corrected chi connectivity index (χ2v) is 3.76. The smallest absolute Gasteiger partial charge is 1.00 e. The first-order chi connectivity index (χ1) is 6.81. The van der Waals surface area contributed by atoms with E-state index in [-0.39, 0.29) is 44.3 Å². The van der Waals surface area contributed by atoms with Gasteiger partial charge in [-0.15, -0.1) is 0 Å². The molecule has 6 heteroatoms. The van der Waals surface area contributed by atoms with Gasteiger partial charge in [-0.2, -0.15) is 0 Å². The molecule has 2 rings (SSSR count). The summed E-state index contributed by atoms with van der Waals surface area (Å²) in [6, 6.07) is 5.80. The van der Waals surface area contributed by atoms with E-state index in [1.165, 1.54) is 24.1 Å². The minimum absolute atomic E-state index is 0. The van der Waals surface area contributed by atoms with Gasteiger partial charge in [-0.1, -0.05) is 0 Å². The average molecular weight is 325 g/mol. The van der Waals surface area contributed by atoms with E-state index in [2.05, 4.69) is 16.8 Å². The summed E-state index contributed by atoms with van der Waals surface area (Å²) in [4.78, 5) is 5.57. The van der Waals surface area contributed by atoms with Crippen LogP contribution in [0.4, 0.5) is 11.4 Å². The van der Waals surface area contributed by atoms with Gasteiger partial charge in [-0.3, -0.25) is 0 Å². The van der Waals surface area contributed by atoms with Crippen LogP contribution in [0, 0.1) is 12.3 Å².